The van der Waals surface area contributed by atoms with Gasteiger partial charge in [-0.15, -0.1) is 0 Å². The fraction of sp³-hybridized carbons (Fsp3) is 0.435. The van der Waals surface area contributed by atoms with E-state index in [4.69, 9.17) is 27.9 Å². The molecule has 0 unspecified atom stereocenters. The molecule has 2 aliphatic heterocycles. The quantitative estimate of drug-likeness (QED) is 0.274. The summed E-state index contributed by atoms with van der Waals surface area (Å²) in [4.78, 5) is 39.2. The molecule has 16 heteroatoms. The highest BCUT2D eigenvalue weighted by atomic mass is 35.5. The van der Waals surface area contributed by atoms with Gasteiger partial charge in [0.2, 0.25) is 0 Å². The first-order chi connectivity index (χ1) is 18.2. The average molecular weight is 612 g/mol. The van der Waals surface area contributed by atoms with Crippen molar-refractivity contribution in [2.24, 2.45) is 7.05 Å². The van der Waals surface area contributed by atoms with Gasteiger partial charge in [0, 0.05) is 25.8 Å². The van der Waals surface area contributed by atoms with Crippen LogP contribution in [0, 0.1) is 5.82 Å². The zero-order valence-electron chi connectivity index (χ0n) is 20.5. The van der Waals surface area contributed by atoms with Gasteiger partial charge in [0.25, 0.3) is 5.91 Å². The number of rotatable bonds is 3. The highest BCUT2D eigenvalue weighted by Crippen LogP contribution is 2.44. The van der Waals surface area contributed by atoms with E-state index in [9.17, 15) is 31.9 Å². The molecule has 212 valence electrons. The topological polar surface area (TPSA) is 105 Å². The number of hydrogen-bond donors (Lipinski definition) is 3. The lowest BCUT2D eigenvalue weighted by atomic mass is 9.89. The summed E-state index contributed by atoms with van der Waals surface area (Å²) in [6, 6.07) is 1.58. The van der Waals surface area contributed by atoms with Gasteiger partial charge in [0.1, 0.15) is 28.5 Å². The zero-order chi connectivity index (χ0) is 28.7. The van der Waals surface area contributed by atoms with E-state index in [-0.39, 0.29) is 47.0 Å². The van der Waals surface area contributed by atoms with Gasteiger partial charge in [-0.05, 0) is 49.9 Å². The molecule has 2 aromatic rings. The molecule has 0 radical (unpaired) electrons. The smallest absolute Gasteiger partial charge is 0.408 e. The number of hydrogen-bond acceptors (Lipinski definition) is 6. The molecule has 3 N–H and O–H groups in total. The Kier molecular flexibility index (Phi) is 8.31. The van der Waals surface area contributed by atoms with Crippen molar-refractivity contribution in [2.75, 3.05) is 25.0 Å². The third kappa shape index (κ3) is 6.08. The van der Waals surface area contributed by atoms with Crippen molar-refractivity contribution in [1.82, 2.24) is 19.5 Å². The third-order valence-electron chi connectivity index (χ3n) is 6.53. The third-order valence-corrected chi connectivity index (χ3v) is 8.50. The largest absolute Gasteiger partial charge is 0.488 e. The van der Waals surface area contributed by atoms with E-state index in [1.165, 1.54) is 21.6 Å². The zero-order valence-corrected chi connectivity index (χ0v) is 22.9. The molecule has 3 heterocycles. The fourth-order valence-corrected chi connectivity index (χ4v) is 5.63. The summed E-state index contributed by atoms with van der Waals surface area (Å²) in [6.45, 7) is 1.02. The number of amides is 3. The first-order valence-electron chi connectivity index (χ1n) is 11.6. The Morgan fingerprint density at radius 1 is 1.21 bits per heavy atom. The lowest BCUT2D eigenvalue weighted by Crippen LogP contribution is -2.57. The Morgan fingerprint density at radius 3 is 2.49 bits per heavy atom. The molecule has 39 heavy (non-hydrogen) atoms. The normalized spacial score (nSPS) is 17.6. The van der Waals surface area contributed by atoms with Gasteiger partial charge in [-0.2, -0.15) is 13.2 Å². The molecule has 2 aliphatic rings. The highest BCUT2D eigenvalue weighted by molar-refractivity contribution is 7.97. The van der Waals surface area contributed by atoms with Crippen LogP contribution in [-0.2, 0) is 16.6 Å². The monoisotopic (exact) mass is 611 g/mol. The fourth-order valence-electron chi connectivity index (χ4n) is 4.11. The minimum absolute atomic E-state index is 0.0787. The second kappa shape index (κ2) is 11.1. The second-order valence-electron chi connectivity index (χ2n) is 9.24. The minimum atomic E-state index is -4.67. The number of carbonyl (C=O) groups is 3. The van der Waals surface area contributed by atoms with Crippen LogP contribution in [0.15, 0.2) is 23.1 Å². The number of ether oxygens (including phenoxy) is 1. The van der Waals surface area contributed by atoms with Gasteiger partial charge in [-0.25, -0.2) is 9.11 Å². The van der Waals surface area contributed by atoms with E-state index in [0.717, 1.165) is 24.9 Å². The molecule has 1 fully saturated rings. The Bertz CT molecular complexity index is 1310. The summed E-state index contributed by atoms with van der Waals surface area (Å²) in [6.07, 6.45) is -4.03. The minimum Gasteiger partial charge on any atom is -0.488 e. The van der Waals surface area contributed by atoms with E-state index in [1.807, 2.05) is 0 Å². The molecule has 4 rings (SSSR count). The van der Waals surface area contributed by atoms with Crippen LogP contribution >= 0.6 is 35.1 Å². The Labute approximate surface area is 234 Å². The summed E-state index contributed by atoms with van der Waals surface area (Å²) >= 11 is 13.4. The van der Waals surface area contributed by atoms with Crippen molar-refractivity contribution in [3.8, 4) is 5.75 Å². The van der Waals surface area contributed by atoms with Gasteiger partial charge >= 0.3 is 18.0 Å². The van der Waals surface area contributed by atoms with Crippen LogP contribution in [0.2, 0.25) is 10.2 Å². The van der Waals surface area contributed by atoms with Gasteiger partial charge in [-0.1, -0.05) is 23.2 Å². The molecule has 1 atom stereocenters. The van der Waals surface area contributed by atoms with E-state index in [2.05, 4.69) is 10.0 Å². The van der Waals surface area contributed by atoms with E-state index < -0.39 is 41.3 Å². The predicted octanol–water partition coefficient (Wildman–Crippen LogP) is 4.14. The van der Waals surface area contributed by atoms with Crippen molar-refractivity contribution in [3.63, 3.8) is 0 Å². The lowest BCUT2D eigenvalue weighted by molar-refractivity contribution is -0.162. The standard InChI is InChI=1S/C23H23Cl2F4N5O4S/c1-11(23(27,28)29)30-20(36)21(37)34-7-5-22(6-8-34)10-38-16-15(33(2)18(25)17(16)39-32-22)19(35)31-12-3-4-14(26)13(24)9-12/h3-4,9,11,32H,5-8,10H2,1-2H3,(H,30,36)(H,31,35)/t11-/m1/s1. The Balaban J connectivity index is 1.43. The number of anilines is 1. The lowest BCUT2D eigenvalue weighted by Gasteiger charge is -2.40. The first kappa shape index (κ1) is 29.3. The number of fused-ring (bicyclic) bond motifs is 1. The molecule has 9 nitrogen and oxygen atoms in total. The van der Waals surface area contributed by atoms with E-state index in [0.29, 0.717) is 17.7 Å². The molecule has 0 bridgehead atoms. The van der Waals surface area contributed by atoms with Crippen LogP contribution in [0.3, 0.4) is 0 Å². The van der Waals surface area contributed by atoms with Gasteiger partial charge in [0.15, 0.2) is 11.4 Å². The molecule has 1 saturated heterocycles. The van der Waals surface area contributed by atoms with Crippen molar-refractivity contribution in [2.45, 2.75) is 42.4 Å². The summed E-state index contributed by atoms with van der Waals surface area (Å²) in [5.41, 5.74) is -0.299. The summed E-state index contributed by atoms with van der Waals surface area (Å²) in [5.74, 6) is -3.35. The van der Waals surface area contributed by atoms with Crippen molar-refractivity contribution >= 4 is 58.6 Å². The summed E-state index contributed by atoms with van der Waals surface area (Å²) < 4.78 is 62.5. The maximum Gasteiger partial charge on any atom is 0.408 e. The van der Waals surface area contributed by atoms with Crippen LogP contribution in [0.1, 0.15) is 30.3 Å². The molecule has 1 spiro atoms. The molecule has 0 saturated carbocycles. The molecule has 1 aromatic heterocycles. The molecule has 0 aliphatic carbocycles. The molecular weight excluding hydrogens is 589 g/mol. The molecule has 1 aromatic carbocycles. The van der Waals surface area contributed by atoms with Crippen LogP contribution in [-0.4, -0.2) is 64.6 Å². The van der Waals surface area contributed by atoms with Crippen LogP contribution in [0.4, 0.5) is 23.2 Å². The number of benzene rings is 1. The number of alkyl halides is 3. The number of aromatic nitrogens is 1. The van der Waals surface area contributed by atoms with Crippen molar-refractivity contribution < 1.29 is 36.7 Å². The maximum absolute atomic E-state index is 13.5. The number of nitrogens with one attached hydrogen (secondary N) is 3. The van der Waals surface area contributed by atoms with Gasteiger partial charge in [-0.3, -0.25) is 14.4 Å². The van der Waals surface area contributed by atoms with Crippen LogP contribution in [0.25, 0.3) is 0 Å². The SMILES string of the molecule is C[C@@H](NC(=O)C(=O)N1CCC2(CC1)COc1c(c(Cl)n(C)c1C(=O)Nc1ccc(F)c(Cl)c1)SN2)C(F)(F)F. The summed E-state index contributed by atoms with van der Waals surface area (Å²) in [5, 5.41) is 4.39. The van der Waals surface area contributed by atoms with Crippen LogP contribution < -0.4 is 20.1 Å². The maximum atomic E-state index is 13.5. The Morgan fingerprint density at radius 2 is 1.87 bits per heavy atom. The van der Waals surface area contributed by atoms with Crippen LogP contribution in [0.5, 0.6) is 5.75 Å². The number of likely N-dealkylation sites (tertiary alicyclic amines) is 1. The number of carbonyl (C=O) groups excluding carboxylic acids is 3. The van der Waals surface area contributed by atoms with Crippen molar-refractivity contribution in [3.05, 3.63) is 39.9 Å². The number of halogens is 6. The summed E-state index contributed by atoms with van der Waals surface area (Å²) in [7, 11) is 1.58. The number of nitrogens with zero attached hydrogens (tertiary/aromatic N) is 2. The molecular formula is C23H23Cl2F4N5O4S. The predicted molar refractivity (Wildman–Crippen MR) is 136 cm³/mol. The van der Waals surface area contributed by atoms with Gasteiger partial charge < -0.3 is 24.8 Å². The average Bonchev–Trinajstić information content (AvgIpc) is 2.99. The van der Waals surface area contributed by atoms with E-state index >= 15 is 0 Å². The first-order valence-corrected chi connectivity index (χ1v) is 13.2. The highest BCUT2D eigenvalue weighted by Gasteiger charge is 2.43. The van der Waals surface area contributed by atoms with E-state index in [1.54, 1.807) is 12.4 Å². The van der Waals surface area contributed by atoms with Gasteiger partial charge in [0.05, 0.1) is 10.6 Å². The second-order valence-corrected chi connectivity index (χ2v) is 10.8. The van der Waals surface area contributed by atoms with Crippen molar-refractivity contribution in [1.29, 1.82) is 0 Å². The molecule has 3 amide bonds. The Hall–Kier alpha value is -2.68. The number of piperidine rings is 1.